The second kappa shape index (κ2) is 4.03. The van der Waals surface area contributed by atoms with Gasteiger partial charge in [0, 0.05) is 20.0 Å². The molecule has 0 spiro atoms. The summed E-state index contributed by atoms with van der Waals surface area (Å²) in [5.41, 5.74) is 0. The SMILES string of the molecule is Cc1ccc(C(O)c2cc(Cl)cs2)s1. The number of hydrogen-bond acceptors (Lipinski definition) is 3. The van der Waals surface area contributed by atoms with E-state index in [1.54, 1.807) is 11.3 Å². The topological polar surface area (TPSA) is 20.2 Å². The van der Waals surface area contributed by atoms with E-state index in [0.717, 1.165) is 9.75 Å². The van der Waals surface area contributed by atoms with Crippen LogP contribution in [0.15, 0.2) is 23.6 Å². The molecule has 1 nitrogen and oxygen atoms in total. The Hall–Kier alpha value is -0.350. The van der Waals surface area contributed by atoms with E-state index in [4.69, 9.17) is 11.6 Å². The predicted molar refractivity (Wildman–Crippen MR) is 62.4 cm³/mol. The first-order valence-corrected chi connectivity index (χ1v) is 6.22. The molecule has 0 amide bonds. The van der Waals surface area contributed by atoms with E-state index in [1.165, 1.54) is 16.2 Å². The molecule has 0 saturated carbocycles. The smallest absolute Gasteiger partial charge is 0.122 e. The van der Waals surface area contributed by atoms with E-state index in [-0.39, 0.29) is 0 Å². The molecule has 0 saturated heterocycles. The van der Waals surface area contributed by atoms with Crippen molar-refractivity contribution < 1.29 is 5.11 Å². The third-order valence-electron chi connectivity index (χ3n) is 1.89. The highest BCUT2D eigenvalue weighted by atomic mass is 35.5. The monoisotopic (exact) mass is 244 g/mol. The van der Waals surface area contributed by atoms with Crippen molar-refractivity contribution in [1.82, 2.24) is 0 Å². The van der Waals surface area contributed by atoms with Crippen molar-refractivity contribution in [3.8, 4) is 0 Å². The summed E-state index contributed by atoms with van der Waals surface area (Å²) < 4.78 is 0. The Balaban J connectivity index is 2.28. The van der Waals surface area contributed by atoms with E-state index in [9.17, 15) is 5.11 Å². The van der Waals surface area contributed by atoms with Gasteiger partial charge in [0.1, 0.15) is 6.10 Å². The molecule has 2 rings (SSSR count). The lowest BCUT2D eigenvalue weighted by molar-refractivity contribution is 0.228. The first-order valence-electron chi connectivity index (χ1n) is 4.15. The normalized spacial score (nSPS) is 13.1. The zero-order valence-corrected chi connectivity index (χ0v) is 9.92. The van der Waals surface area contributed by atoms with Crippen LogP contribution >= 0.6 is 34.3 Å². The molecule has 0 aliphatic heterocycles. The van der Waals surface area contributed by atoms with Crippen molar-refractivity contribution in [2.24, 2.45) is 0 Å². The maximum absolute atomic E-state index is 9.98. The van der Waals surface area contributed by atoms with Crippen LogP contribution in [0.1, 0.15) is 20.7 Å². The Morgan fingerprint density at radius 3 is 2.64 bits per heavy atom. The van der Waals surface area contributed by atoms with Crippen molar-refractivity contribution in [3.05, 3.63) is 43.2 Å². The van der Waals surface area contributed by atoms with Crippen LogP contribution in [-0.2, 0) is 0 Å². The summed E-state index contributed by atoms with van der Waals surface area (Å²) in [7, 11) is 0. The average molecular weight is 245 g/mol. The quantitative estimate of drug-likeness (QED) is 0.851. The fourth-order valence-corrected chi connectivity index (χ4v) is 3.25. The Kier molecular flexibility index (Phi) is 2.93. The summed E-state index contributed by atoms with van der Waals surface area (Å²) in [6, 6.07) is 5.78. The number of thiophene rings is 2. The van der Waals surface area contributed by atoms with Crippen molar-refractivity contribution in [3.63, 3.8) is 0 Å². The molecular formula is C10H9ClOS2. The molecule has 2 aromatic heterocycles. The van der Waals surface area contributed by atoms with Crippen LogP contribution in [0, 0.1) is 6.92 Å². The minimum atomic E-state index is -0.522. The largest absolute Gasteiger partial charge is 0.382 e. The number of aliphatic hydroxyl groups excluding tert-OH is 1. The van der Waals surface area contributed by atoms with E-state index in [1.807, 2.05) is 30.5 Å². The van der Waals surface area contributed by atoms with Gasteiger partial charge in [-0.3, -0.25) is 0 Å². The van der Waals surface area contributed by atoms with Gasteiger partial charge in [-0.05, 0) is 25.1 Å². The molecule has 2 aromatic rings. The van der Waals surface area contributed by atoms with Gasteiger partial charge in [0.05, 0.1) is 5.02 Å². The molecule has 4 heteroatoms. The molecule has 0 aliphatic rings. The van der Waals surface area contributed by atoms with Crippen molar-refractivity contribution >= 4 is 34.3 Å². The number of halogens is 1. The van der Waals surface area contributed by atoms with Crippen LogP contribution in [0.25, 0.3) is 0 Å². The lowest BCUT2D eigenvalue weighted by Gasteiger charge is -2.04. The summed E-state index contributed by atoms with van der Waals surface area (Å²) >= 11 is 8.90. The van der Waals surface area contributed by atoms with Crippen LogP contribution in [-0.4, -0.2) is 5.11 Å². The van der Waals surface area contributed by atoms with Gasteiger partial charge in [-0.25, -0.2) is 0 Å². The minimum Gasteiger partial charge on any atom is -0.382 e. The third-order valence-corrected chi connectivity index (χ3v) is 4.27. The summed E-state index contributed by atoms with van der Waals surface area (Å²) in [5.74, 6) is 0. The van der Waals surface area contributed by atoms with E-state index in [0.29, 0.717) is 5.02 Å². The lowest BCUT2D eigenvalue weighted by Crippen LogP contribution is -1.92. The second-order valence-corrected chi connectivity index (χ2v) is 5.72. The molecule has 1 unspecified atom stereocenters. The highest BCUT2D eigenvalue weighted by Crippen LogP contribution is 2.32. The van der Waals surface area contributed by atoms with E-state index < -0.39 is 6.10 Å². The van der Waals surface area contributed by atoms with Crippen LogP contribution in [0.2, 0.25) is 5.02 Å². The lowest BCUT2D eigenvalue weighted by atomic mass is 10.2. The Morgan fingerprint density at radius 2 is 2.14 bits per heavy atom. The van der Waals surface area contributed by atoms with Gasteiger partial charge in [0.15, 0.2) is 0 Å². The molecule has 14 heavy (non-hydrogen) atoms. The Bertz CT molecular complexity index is 393. The molecule has 2 heterocycles. The molecule has 74 valence electrons. The van der Waals surface area contributed by atoms with Gasteiger partial charge < -0.3 is 5.11 Å². The average Bonchev–Trinajstić information content (AvgIpc) is 2.73. The number of rotatable bonds is 2. The summed E-state index contributed by atoms with van der Waals surface area (Å²) in [4.78, 5) is 3.08. The van der Waals surface area contributed by atoms with E-state index >= 15 is 0 Å². The van der Waals surface area contributed by atoms with Crippen LogP contribution < -0.4 is 0 Å². The van der Waals surface area contributed by atoms with Gasteiger partial charge in [-0.2, -0.15) is 0 Å². The molecule has 0 aliphatic carbocycles. The first kappa shape index (κ1) is 10.2. The molecule has 0 bridgehead atoms. The van der Waals surface area contributed by atoms with Crippen molar-refractivity contribution in [2.45, 2.75) is 13.0 Å². The first-order chi connectivity index (χ1) is 6.66. The van der Waals surface area contributed by atoms with Gasteiger partial charge in [-0.15, -0.1) is 22.7 Å². The van der Waals surface area contributed by atoms with Crippen LogP contribution in [0.5, 0.6) is 0 Å². The molecule has 1 atom stereocenters. The number of aryl methyl sites for hydroxylation is 1. The van der Waals surface area contributed by atoms with Gasteiger partial charge in [0.25, 0.3) is 0 Å². The van der Waals surface area contributed by atoms with E-state index in [2.05, 4.69) is 0 Å². The van der Waals surface area contributed by atoms with Crippen LogP contribution in [0.4, 0.5) is 0 Å². The predicted octanol–water partition coefficient (Wildman–Crippen LogP) is 3.85. The van der Waals surface area contributed by atoms with Gasteiger partial charge >= 0.3 is 0 Å². The zero-order valence-electron chi connectivity index (χ0n) is 7.53. The van der Waals surface area contributed by atoms with Crippen LogP contribution in [0.3, 0.4) is 0 Å². The summed E-state index contributed by atoms with van der Waals surface area (Å²) in [5, 5.41) is 12.5. The number of aliphatic hydroxyl groups is 1. The maximum atomic E-state index is 9.98. The minimum absolute atomic E-state index is 0.522. The standard InChI is InChI=1S/C10H9ClOS2/c1-6-2-3-8(14-6)10(12)9-4-7(11)5-13-9/h2-5,10,12H,1H3. The van der Waals surface area contributed by atoms with Gasteiger partial charge in [-0.1, -0.05) is 11.6 Å². The van der Waals surface area contributed by atoms with Gasteiger partial charge in [0.2, 0.25) is 0 Å². The fraction of sp³-hybridized carbons (Fsp3) is 0.200. The Labute approximate surface area is 95.6 Å². The number of hydrogen-bond donors (Lipinski definition) is 1. The Morgan fingerprint density at radius 1 is 1.36 bits per heavy atom. The fourth-order valence-electron chi connectivity index (χ4n) is 1.21. The maximum Gasteiger partial charge on any atom is 0.122 e. The summed E-state index contributed by atoms with van der Waals surface area (Å²) in [6.07, 6.45) is -0.522. The van der Waals surface area contributed by atoms with Crippen molar-refractivity contribution in [1.29, 1.82) is 0 Å². The molecule has 1 N–H and O–H groups in total. The highest BCUT2D eigenvalue weighted by Gasteiger charge is 2.14. The summed E-state index contributed by atoms with van der Waals surface area (Å²) in [6.45, 7) is 2.03. The molecule has 0 aromatic carbocycles. The second-order valence-electron chi connectivity index (χ2n) is 3.02. The molecule has 0 radical (unpaired) electrons. The zero-order chi connectivity index (χ0) is 10.1. The highest BCUT2D eigenvalue weighted by molar-refractivity contribution is 7.13. The third kappa shape index (κ3) is 2.01. The molecular weight excluding hydrogens is 236 g/mol. The molecule has 0 fully saturated rings. The van der Waals surface area contributed by atoms with Crippen molar-refractivity contribution in [2.75, 3.05) is 0 Å².